The molecule has 2 aromatic carbocycles. The lowest BCUT2D eigenvalue weighted by molar-refractivity contribution is 0.136. The first-order valence-corrected chi connectivity index (χ1v) is 11.7. The van der Waals surface area contributed by atoms with Gasteiger partial charge in [0.25, 0.3) is 0 Å². The Hall–Kier alpha value is -2.17. The first-order chi connectivity index (χ1) is 14.9. The van der Waals surface area contributed by atoms with Gasteiger partial charge in [-0.3, -0.25) is 4.90 Å². The van der Waals surface area contributed by atoms with Gasteiger partial charge < -0.3 is 9.30 Å². The maximum Gasteiger partial charge on any atom is 0.113 e. The van der Waals surface area contributed by atoms with E-state index in [1.807, 2.05) is 0 Å². The minimum Gasteiger partial charge on any atom is -0.380 e. The largest absolute Gasteiger partial charge is 0.380 e. The van der Waals surface area contributed by atoms with Crippen LogP contribution < -0.4 is 0 Å². The first-order valence-electron chi connectivity index (χ1n) is 11.7. The van der Waals surface area contributed by atoms with E-state index < -0.39 is 0 Å². The Kier molecular flexibility index (Phi) is 6.49. The molecule has 2 atom stereocenters. The van der Waals surface area contributed by atoms with Crippen molar-refractivity contribution < 1.29 is 4.74 Å². The number of para-hydroxylation sites is 2. The van der Waals surface area contributed by atoms with Crippen LogP contribution >= 0.6 is 0 Å². The molecule has 0 spiro atoms. The van der Waals surface area contributed by atoms with Crippen molar-refractivity contribution in [3.05, 3.63) is 65.5 Å². The molecule has 0 N–H and O–H groups in total. The fourth-order valence-corrected chi connectivity index (χ4v) is 4.85. The quantitative estimate of drug-likeness (QED) is 0.465. The zero-order valence-electron chi connectivity index (χ0n) is 19.8. The van der Waals surface area contributed by atoms with Crippen LogP contribution in [0.25, 0.3) is 11.0 Å². The summed E-state index contributed by atoms with van der Waals surface area (Å²) in [5, 5.41) is 0. The normalized spacial score (nSPS) is 20.4. The lowest BCUT2D eigenvalue weighted by Crippen LogP contribution is -2.34. The van der Waals surface area contributed by atoms with Crippen LogP contribution in [-0.4, -0.2) is 41.3 Å². The second-order valence-corrected chi connectivity index (χ2v) is 9.90. The zero-order valence-corrected chi connectivity index (χ0v) is 19.8. The Morgan fingerprint density at radius 2 is 1.81 bits per heavy atom. The minimum atomic E-state index is 0.185. The molecular weight excluding hydrogens is 382 g/mol. The Balaban J connectivity index is 1.62. The first kappa shape index (κ1) is 22.0. The second kappa shape index (κ2) is 9.13. The third-order valence-electron chi connectivity index (χ3n) is 6.74. The number of imidazole rings is 1. The molecule has 1 aliphatic rings. The molecule has 4 nitrogen and oxygen atoms in total. The van der Waals surface area contributed by atoms with Crippen LogP contribution in [0.3, 0.4) is 0 Å². The summed E-state index contributed by atoms with van der Waals surface area (Å²) in [4.78, 5) is 7.61. The third kappa shape index (κ3) is 4.70. The van der Waals surface area contributed by atoms with E-state index in [4.69, 9.17) is 9.72 Å². The maximum atomic E-state index is 5.69. The molecule has 0 amide bonds. The van der Waals surface area contributed by atoms with Crippen molar-refractivity contribution in [3.63, 3.8) is 0 Å². The molecule has 2 unspecified atom stereocenters. The van der Waals surface area contributed by atoms with Gasteiger partial charge >= 0.3 is 0 Å². The van der Waals surface area contributed by atoms with Gasteiger partial charge in [-0.05, 0) is 62.0 Å². The van der Waals surface area contributed by atoms with E-state index in [1.165, 1.54) is 22.5 Å². The van der Waals surface area contributed by atoms with Gasteiger partial charge in [-0.2, -0.15) is 0 Å². The van der Waals surface area contributed by atoms with Crippen molar-refractivity contribution in [2.75, 3.05) is 26.8 Å². The minimum absolute atomic E-state index is 0.185. The van der Waals surface area contributed by atoms with Crippen molar-refractivity contribution in [2.45, 2.75) is 64.5 Å². The molecule has 2 heterocycles. The van der Waals surface area contributed by atoms with Gasteiger partial charge in [0.2, 0.25) is 0 Å². The van der Waals surface area contributed by atoms with E-state index in [2.05, 4.69) is 92.7 Å². The summed E-state index contributed by atoms with van der Waals surface area (Å²) in [6.07, 6.45) is 2.24. The third-order valence-corrected chi connectivity index (χ3v) is 6.74. The topological polar surface area (TPSA) is 30.3 Å². The second-order valence-electron chi connectivity index (χ2n) is 9.90. The summed E-state index contributed by atoms with van der Waals surface area (Å²) in [6.45, 7) is 12.3. The number of fused-ring (bicyclic) bond motifs is 1. The molecule has 1 saturated heterocycles. The number of aromatic nitrogens is 2. The van der Waals surface area contributed by atoms with E-state index in [0.717, 1.165) is 44.7 Å². The highest BCUT2D eigenvalue weighted by Crippen LogP contribution is 2.39. The van der Waals surface area contributed by atoms with Crippen LogP contribution in [0.5, 0.6) is 0 Å². The lowest BCUT2D eigenvalue weighted by Gasteiger charge is -2.37. The van der Waals surface area contributed by atoms with Gasteiger partial charge in [0, 0.05) is 25.1 Å². The summed E-state index contributed by atoms with van der Waals surface area (Å²) < 4.78 is 8.09. The number of hydrogen-bond acceptors (Lipinski definition) is 3. The molecule has 3 aromatic rings. The van der Waals surface area contributed by atoms with Gasteiger partial charge in [0.05, 0.1) is 17.6 Å². The Labute approximate surface area is 187 Å². The van der Waals surface area contributed by atoms with Crippen LogP contribution in [0.2, 0.25) is 0 Å². The molecule has 1 aromatic heterocycles. The fourth-order valence-electron chi connectivity index (χ4n) is 4.85. The highest BCUT2D eigenvalue weighted by Gasteiger charge is 2.31. The van der Waals surface area contributed by atoms with E-state index in [-0.39, 0.29) is 5.41 Å². The highest BCUT2D eigenvalue weighted by atomic mass is 16.5. The summed E-state index contributed by atoms with van der Waals surface area (Å²) in [5.74, 6) is 1.68. The molecule has 1 fully saturated rings. The zero-order chi connectivity index (χ0) is 22.0. The van der Waals surface area contributed by atoms with Crippen LogP contribution in [0.15, 0.2) is 48.5 Å². The van der Waals surface area contributed by atoms with Gasteiger partial charge in [0.1, 0.15) is 5.82 Å². The molecule has 166 valence electrons. The molecule has 1 aliphatic heterocycles. The average Bonchev–Trinajstić information content (AvgIpc) is 3.12. The van der Waals surface area contributed by atoms with E-state index in [1.54, 1.807) is 0 Å². The Bertz CT molecular complexity index is 999. The van der Waals surface area contributed by atoms with Crippen LogP contribution in [0.4, 0.5) is 0 Å². The SMILES string of the molecule is CCOCCn1c(C2CCN(C)C(c3ccc(C(C)(C)C)cc3)C2)nc2ccccc21. The summed E-state index contributed by atoms with van der Waals surface area (Å²) in [5.41, 5.74) is 5.31. The van der Waals surface area contributed by atoms with Gasteiger partial charge in [-0.25, -0.2) is 4.98 Å². The molecule has 0 radical (unpaired) electrons. The van der Waals surface area contributed by atoms with E-state index in [9.17, 15) is 0 Å². The van der Waals surface area contributed by atoms with Crippen molar-refractivity contribution >= 4 is 11.0 Å². The predicted molar refractivity (Wildman–Crippen MR) is 129 cm³/mol. The fraction of sp³-hybridized carbons (Fsp3) is 0.519. The predicted octanol–water partition coefficient (Wildman–Crippen LogP) is 5.92. The number of ether oxygens (including phenoxy) is 1. The molecule has 0 saturated carbocycles. The standard InChI is InChI=1S/C27H37N3O/c1-6-31-18-17-30-24-10-8-7-9-23(24)28-26(30)21-15-16-29(5)25(19-21)20-11-13-22(14-12-20)27(2,3)4/h7-14,21,25H,6,15-19H2,1-5H3. The van der Waals surface area contributed by atoms with Gasteiger partial charge in [0.15, 0.2) is 0 Å². The number of piperidine rings is 1. The maximum absolute atomic E-state index is 5.69. The molecule has 4 heteroatoms. The molecule has 31 heavy (non-hydrogen) atoms. The van der Waals surface area contributed by atoms with Gasteiger partial charge in [-0.1, -0.05) is 57.2 Å². The highest BCUT2D eigenvalue weighted by molar-refractivity contribution is 5.76. The van der Waals surface area contributed by atoms with Crippen molar-refractivity contribution in [3.8, 4) is 0 Å². The summed E-state index contributed by atoms with van der Waals surface area (Å²) in [6, 6.07) is 18.2. The van der Waals surface area contributed by atoms with E-state index in [0.29, 0.717) is 12.0 Å². The van der Waals surface area contributed by atoms with Crippen LogP contribution in [-0.2, 0) is 16.7 Å². The van der Waals surface area contributed by atoms with E-state index >= 15 is 0 Å². The van der Waals surface area contributed by atoms with Crippen molar-refractivity contribution in [1.29, 1.82) is 0 Å². The van der Waals surface area contributed by atoms with Crippen LogP contribution in [0, 0.1) is 0 Å². The number of hydrogen-bond donors (Lipinski definition) is 0. The number of likely N-dealkylation sites (tertiary alicyclic amines) is 1. The lowest BCUT2D eigenvalue weighted by atomic mass is 9.83. The average molecular weight is 420 g/mol. The van der Waals surface area contributed by atoms with Crippen molar-refractivity contribution in [2.24, 2.45) is 0 Å². The molecule has 0 bridgehead atoms. The molecule has 0 aliphatic carbocycles. The Morgan fingerprint density at radius 1 is 1.06 bits per heavy atom. The summed E-state index contributed by atoms with van der Waals surface area (Å²) in [7, 11) is 2.26. The van der Waals surface area contributed by atoms with Crippen LogP contribution in [0.1, 0.15) is 69.4 Å². The number of nitrogens with zero attached hydrogens (tertiary/aromatic N) is 3. The molecular formula is C27H37N3O. The van der Waals surface area contributed by atoms with Gasteiger partial charge in [-0.15, -0.1) is 0 Å². The summed E-state index contributed by atoms with van der Waals surface area (Å²) >= 11 is 0. The van der Waals surface area contributed by atoms with Crippen molar-refractivity contribution in [1.82, 2.24) is 14.5 Å². The monoisotopic (exact) mass is 419 g/mol. The number of benzene rings is 2. The molecule has 4 rings (SSSR count). The smallest absolute Gasteiger partial charge is 0.113 e. The Morgan fingerprint density at radius 3 is 2.52 bits per heavy atom. The number of rotatable bonds is 6.